The van der Waals surface area contributed by atoms with Crippen LogP contribution in [0.1, 0.15) is 37.7 Å². The van der Waals surface area contributed by atoms with Gasteiger partial charge in [-0.3, -0.25) is 4.99 Å². The standard InChI is InChI=1S/C19H27N3OS/c1-20-17(21-12-19(23)10-11-24-14-19)22-13-18(8-4-5-9-18)15-6-2-3-7-16(15)22/h2-3,6-7,23H,4-5,8-14H2,1H3,(H,20,21). The molecule has 130 valence electrons. The van der Waals surface area contributed by atoms with Crippen molar-refractivity contribution in [2.75, 3.05) is 36.5 Å². The van der Waals surface area contributed by atoms with Gasteiger partial charge in [0, 0.05) is 37.0 Å². The molecule has 1 atom stereocenters. The molecule has 3 aliphatic rings. The summed E-state index contributed by atoms with van der Waals surface area (Å²) >= 11 is 1.83. The number of aliphatic imine (C=N–C) groups is 1. The Labute approximate surface area is 148 Å². The molecule has 5 heteroatoms. The number of hydrogen-bond acceptors (Lipinski definition) is 3. The van der Waals surface area contributed by atoms with E-state index in [1.807, 2.05) is 18.8 Å². The predicted octanol–water partition coefficient (Wildman–Crippen LogP) is 2.76. The van der Waals surface area contributed by atoms with Crippen LogP contribution in [0.25, 0.3) is 0 Å². The quantitative estimate of drug-likeness (QED) is 0.639. The molecular formula is C19H27N3OS. The van der Waals surface area contributed by atoms with Crippen LogP contribution in [0.15, 0.2) is 29.3 Å². The zero-order valence-electron chi connectivity index (χ0n) is 14.4. The van der Waals surface area contributed by atoms with E-state index in [0.29, 0.717) is 12.0 Å². The molecule has 0 amide bonds. The second kappa shape index (κ2) is 6.26. The topological polar surface area (TPSA) is 47.9 Å². The second-order valence-corrected chi connectivity index (χ2v) is 8.62. The summed E-state index contributed by atoms with van der Waals surface area (Å²) in [6.45, 7) is 1.59. The molecule has 4 rings (SSSR count). The monoisotopic (exact) mass is 345 g/mol. The van der Waals surface area contributed by atoms with Crippen LogP contribution >= 0.6 is 11.8 Å². The van der Waals surface area contributed by atoms with Crippen molar-refractivity contribution in [2.24, 2.45) is 4.99 Å². The summed E-state index contributed by atoms with van der Waals surface area (Å²) in [7, 11) is 1.85. The van der Waals surface area contributed by atoms with E-state index < -0.39 is 5.60 Å². The number of rotatable bonds is 2. The van der Waals surface area contributed by atoms with Gasteiger partial charge >= 0.3 is 0 Å². The lowest BCUT2D eigenvalue weighted by Gasteiger charge is -2.29. The van der Waals surface area contributed by atoms with Gasteiger partial charge in [0.25, 0.3) is 0 Å². The molecule has 24 heavy (non-hydrogen) atoms. The summed E-state index contributed by atoms with van der Waals surface area (Å²) in [4.78, 5) is 6.87. The SMILES string of the molecule is CN=C(NCC1(O)CCSC1)N1CC2(CCCC2)c2ccccc21. The fourth-order valence-electron chi connectivity index (χ4n) is 4.57. The van der Waals surface area contributed by atoms with Crippen LogP contribution in [0.3, 0.4) is 0 Å². The Morgan fingerprint density at radius 2 is 2.08 bits per heavy atom. The second-order valence-electron chi connectivity index (χ2n) is 7.52. The smallest absolute Gasteiger partial charge is 0.198 e. The van der Waals surface area contributed by atoms with E-state index in [4.69, 9.17) is 0 Å². The predicted molar refractivity (Wildman–Crippen MR) is 102 cm³/mol. The van der Waals surface area contributed by atoms with E-state index in [1.54, 1.807) is 0 Å². The number of fused-ring (bicyclic) bond motifs is 2. The van der Waals surface area contributed by atoms with Crippen LogP contribution in [0.2, 0.25) is 0 Å². The maximum atomic E-state index is 10.6. The van der Waals surface area contributed by atoms with E-state index in [-0.39, 0.29) is 0 Å². The van der Waals surface area contributed by atoms with Crippen molar-refractivity contribution in [3.8, 4) is 0 Å². The van der Waals surface area contributed by atoms with Gasteiger partial charge in [-0.2, -0.15) is 11.8 Å². The van der Waals surface area contributed by atoms with Crippen LogP contribution in [0.5, 0.6) is 0 Å². The van der Waals surface area contributed by atoms with Crippen molar-refractivity contribution in [3.05, 3.63) is 29.8 Å². The molecule has 1 unspecified atom stereocenters. The van der Waals surface area contributed by atoms with Crippen molar-refractivity contribution in [1.82, 2.24) is 5.32 Å². The zero-order chi connectivity index (χ0) is 16.6. The molecule has 0 aromatic heterocycles. The zero-order valence-corrected chi connectivity index (χ0v) is 15.2. The fourth-order valence-corrected chi connectivity index (χ4v) is 5.87. The average molecular weight is 346 g/mol. The van der Waals surface area contributed by atoms with Gasteiger partial charge in [-0.15, -0.1) is 0 Å². The molecule has 4 nitrogen and oxygen atoms in total. The maximum Gasteiger partial charge on any atom is 0.198 e. The summed E-state index contributed by atoms with van der Waals surface area (Å²) in [5.41, 5.74) is 2.49. The highest BCUT2D eigenvalue weighted by Gasteiger charge is 2.45. The maximum absolute atomic E-state index is 10.6. The molecule has 2 heterocycles. The van der Waals surface area contributed by atoms with Gasteiger partial charge in [-0.25, -0.2) is 0 Å². The van der Waals surface area contributed by atoms with Gasteiger partial charge in [0.05, 0.1) is 5.60 Å². The van der Waals surface area contributed by atoms with Gasteiger partial charge in [-0.05, 0) is 36.6 Å². The number of benzene rings is 1. The van der Waals surface area contributed by atoms with Crippen molar-refractivity contribution < 1.29 is 5.11 Å². The highest BCUT2D eigenvalue weighted by Crippen LogP contribution is 2.50. The number of para-hydroxylation sites is 1. The molecule has 1 aliphatic carbocycles. The molecule has 0 bridgehead atoms. The fraction of sp³-hybridized carbons (Fsp3) is 0.632. The number of anilines is 1. The Balaban J connectivity index is 1.56. The lowest BCUT2D eigenvalue weighted by molar-refractivity contribution is 0.0725. The summed E-state index contributed by atoms with van der Waals surface area (Å²) < 4.78 is 0. The Hall–Kier alpha value is -1.20. The van der Waals surface area contributed by atoms with Gasteiger partial charge in [-0.1, -0.05) is 31.0 Å². The minimum atomic E-state index is -0.592. The summed E-state index contributed by atoms with van der Waals surface area (Å²) in [6, 6.07) is 8.80. The summed E-state index contributed by atoms with van der Waals surface area (Å²) in [5, 5.41) is 14.1. The molecule has 2 fully saturated rings. The first kappa shape index (κ1) is 16.3. The van der Waals surface area contributed by atoms with E-state index in [1.165, 1.54) is 36.9 Å². The van der Waals surface area contributed by atoms with Crippen LogP contribution in [0, 0.1) is 0 Å². The van der Waals surface area contributed by atoms with Crippen LogP contribution in [-0.2, 0) is 5.41 Å². The Kier molecular flexibility index (Phi) is 4.25. The van der Waals surface area contributed by atoms with E-state index >= 15 is 0 Å². The number of aliphatic hydroxyl groups is 1. The van der Waals surface area contributed by atoms with Crippen molar-refractivity contribution in [1.29, 1.82) is 0 Å². The molecular weight excluding hydrogens is 318 g/mol. The van der Waals surface area contributed by atoms with Crippen molar-refractivity contribution in [3.63, 3.8) is 0 Å². The number of hydrogen-bond donors (Lipinski definition) is 2. The minimum absolute atomic E-state index is 0.300. The van der Waals surface area contributed by atoms with Crippen LogP contribution in [-0.4, -0.2) is 48.3 Å². The highest BCUT2D eigenvalue weighted by atomic mass is 32.2. The summed E-state index contributed by atoms with van der Waals surface area (Å²) in [6.07, 6.45) is 6.06. The third kappa shape index (κ3) is 2.72. The third-order valence-electron chi connectivity index (χ3n) is 5.91. The average Bonchev–Trinajstić information content (AvgIpc) is 3.31. The number of nitrogens with one attached hydrogen (secondary N) is 1. The number of nitrogens with zero attached hydrogens (tertiary/aromatic N) is 2. The van der Waals surface area contributed by atoms with Crippen molar-refractivity contribution >= 4 is 23.4 Å². The number of thioether (sulfide) groups is 1. The lowest BCUT2D eigenvalue weighted by Crippen LogP contribution is -2.49. The van der Waals surface area contributed by atoms with E-state index in [2.05, 4.69) is 39.5 Å². The Morgan fingerprint density at radius 3 is 2.79 bits per heavy atom. The normalized spacial score (nSPS) is 28.6. The Bertz CT molecular complexity index is 633. The van der Waals surface area contributed by atoms with E-state index in [0.717, 1.165) is 30.4 Å². The molecule has 1 saturated heterocycles. The first-order valence-corrected chi connectivity index (χ1v) is 10.2. The Morgan fingerprint density at radius 1 is 1.29 bits per heavy atom. The van der Waals surface area contributed by atoms with Crippen LogP contribution < -0.4 is 10.2 Å². The first-order valence-electron chi connectivity index (χ1n) is 9.04. The molecule has 1 saturated carbocycles. The van der Waals surface area contributed by atoms with E-state index in [9.17, 15) is 5.11 Å². The minimum Gasteiger partial charge on any atom is -0.387 e. The summed E-state index contributed by atoms with van der Waals surface area (Å²) in [5.74, 6) is 2.76. The van der Waals surface area contributed by atoms with Gasteiger partial charge in [0.15, 0.2) is 5.96 Å². The largest absolute Gasteiger partial charge is 0.387 e. The molecule has 1 aromatic rings. The molecule has 1 spiro atoms. The molecule has 1 aromatic carbocycles. The van der Waals surface area contributed by atoms with Crippen molar-refractivity contribution in [2.45, 2.75) is 43.1 Å². The van der Waals surface area contributed by atoms with Gasteiger partial charge < -0.3 is 15.3 Å². The third-order valence-corrected chi connectivity index (χ3v) is 7.15. The van der Waals surface area contributed by atoms with Crippen LogP contribution in [0.4, 0.5) is 5.69 Å². The molecule has 2 aliphatic heterocycles. The molecule has 2 N–H and O–H groups in total. The lowest BCUT2D eigenvalue weighted by atomic mass is 9.81. The highest BCUT2D eigenvalue weighted by molar-refractivity contribution is 7.99. The molecule has 0 radical (unpaired) electrons. The van der Waals surface area contributed by atoms with Gasteiger partial charge in [0.2, 0.25) is 0 Å². The van der Waals surface area contributed by atoms with Gasteiger partial charge in [0.1, 0.15) is 0 Å². The number of guanidine groups is 1. The first-order chi connectivity index (χ1) is 11.7.